The number of nitrogens with zero attached hydrogens (tertiary/aromatic N) is 1. The average Bonchev–Trinajstić information content (AvgIpc) is 3.01. The molecule has 0 radical (unpaired) electrons. The van der Waals surface area contributed by atoms with Crippen molar-refractivity contribution in [3.63, 3.8) is 0 Å². The molecular weight excluding hydrogens is 301 g/mol. The highest BCUT2D eigenvalue weighted by Gasteiger charge is 2.25. The van der Waals surface area contributed by atoms with Crippen LogP contribution in [0.15, 0.2) is 24.3 Å². The monoisotopic (exact) mass is 315 g/mol. The Kier molecular flexibility index (Phi) is 3.29. The summed E-state index contributed by atoms with van der Waals surface area (Å²) in [6, 6.07) is 7.74. The highest BCUT2D eigenvalue weighted by Crippen LogP contribution is 2.29. The maximum Gasteiger partial charge on any atom is 0.254 e. The van der Waals surface area contributed by atoms with Crippen molar-refractivity contribution in [1.82, 2.24) is 4.90 Å². The number of benzene rings is 1. The lowest BCUT2D eigenvalue weighted by Gasteiger charge is -2.17. The fourth-order valence-corrected chi connectivity index (χ4v) is 2.23. The Morgan fingerprint density at radius 1 is 1.47 bits per heavy atom. The van der Waals surface area contributed by atoms with Crippen LogP contribution < -0.4 is 0 Å². The molecule has 15 heavy (non-hydrogen) atoms. The molecule has 1 amide bonds. The molecule has 0 aromatic heterocycles. The summed E-state index contributed by atoms with van der Waals surface area (Å²) in [7, 11) is 1.89. The highest BCUT2D eigenvalue weighted by molar-refractivity contribution is 14.1. The zero-order valence-electron chi connectivity index (χ0n) is 8.74. The van der Waals surface area contributed by atoms with Crippen LogP contribution in [0.25, 0.3) is 0 Å². The first-order chi connectivity index (χ1) is 7.18. The third-order valence-electron chi connectivity index (χ3n) is 2.68. The second-order valence-corrected chi connectivity index (χ2v) is 5.27. The normalized spacial score (nSPS) is 15.1. The predicted octanol–water partition coefficient (Wildman–Crippen LogP) is 2.77. The summed E-state index contributed by atoms with van der Waals surface area (Å²) >= 11 is 2.21. The standard InChI is InChI=1S/C12H14INO/c1-14(8-9-6-7-9)12(15)10-4-2-3-5-11(10)13/h2-5,9H,6-8H2,1H3. The second-order valence-electron chi connectivity index (χ2n) is 4.11. The first kappa shape index (κ1) is 10.9. The van der Waals surface area contributed by atoms with Crippen LogP contribution in [-0.4, -0.2) is 24.4 Å². The molecule has 0 unspecified atom stereocenters. The van der Waals surface area contributed by atoms with E-state index in [0.717, 1.165) is 21.6 Å². The number of rotatable bonds is 3. The van der Waals surface area contributed by atoms with E-state index in [2.05, 4.69) is 22.6 Å². The molecule has 0 bridgehead atoms. The Morgan fingerprint density at radius 3 is 2.73 bits per heavy atom. The lowest BCUT2D eigenvalue weighted by atomic mass is 10.2. The predicted molar refractivity (Wildman–Crippen MR) is 68.8 cm³/mol. The van der Waals surface area contributed by atoms with Gasteiger partial charge in [0.25, 0.3) is 5.91 Å². The lowest BCUT2D eigenvalue weighted by Crippen LogP contribution is -2.29. The van der Waals surface area contributed by atoms with Gasteiger partial charge >= 0.3 is 0 Å². The van der Waals surface area contributed by atoms with E-state index in [4.69, 9.17) is 0 Å². The topological polar surface area (TPSA) is 20.3 Å². The van der Waals surface area contributed by atoms with Crippen LogP contribution in [0.3, 0.4) is 0 Å². The summed E-state index contributed by atoms with van der Waals surface area (Å²) in [4.78, 5) is 13.9. The van der Waals surface area contributed by atoms with Gasteiger partial charge in [-0.05, 0) is 53.5 Å². The largest absolute Gasteiger partial charge is 0.341 e. The summed E-state index contributed by atoms with van der Waals surface area (Å²) in [5.74, 6) is 0.896. The van der Waals surface area contributed by atoms with E-state index in [1.165, 1.54) is 12.8 Å². The van der Waals surface area contributed by atoms with Crippen LogP contribution in [0.5, 0.6) is 0 Å². The van der Waals surface area contributed by atoms with Gasteiger partial charge in [-0.15, -0.1) is 0 Å². The second kappa shape index (κ2) is 4.51. The van der Waals surface area contributed by atoms with E-state index in [-0.39, 0.29) is 5.91 Å². The van der Waals surface area contributed by atoms with E-state index < -0.39 is 0 Å². The zero-order chi connectivity index (χ0) is 10.8. The van der Waals surface area contributed by atoms with Gasteiger partial charge in [0.2, 0.25) is 0 Å². The molecule has 0 heterocycles. The van der Waals surface area contributed by atoms with Crippen LogP contribution in [0.4, 0.5) is 0 Å². The van der Waals surface area contributed by atoms with Gasteiger partial charge in [0.1, 0.15) is 0 Å². The lowest BCUT2D eigenvalue weighted by molar-refractivity contribution is 0.0787. The molecule has 0 aliphatic heterocycles. The van der Waals surface area contributed by atoms with Crippen molar-refractivity contribution in [2.45, 2.75) is 12.8 Å². The third kappa shape index (κ3) is 2.71. The van der Waals surface area contributed by atoms with Gasteiger partial charge in [0.15, 0.2) is 0 Å². The molecule has 0 atom stereocenters. The fourth-order valence-electron chi connectivity index (χ4n) is 1.61. The summed E-state index contributed by atoms with van der Waals surface area (Å²) in [5, 5.41) is 0. The maximum atomic E-state index is 12.0. The first-order valence-corrected chi connectivity index (χ1v) is 6.26. The molecule has 1 saturated carbocycles. The minimum atomic E-state index is 0.145. The van der Waals surface area contributed by atoms with Crippen LogP contribution in [0, 0.1) is 9.49 Å². The number of hydrogen-bond acceptors (Lipinski definition) is 1. The molecule has 0 spiro atoms. The number of halogens is 1. The summed E-state index contributed by atoms with van der Waals surface area (Å²) < 4.78 is 1.03. The van der Waals surface area contributed by atoms with E-state index in [1.807, 2.05) is 36.2 Å². The smallest absolute Gasteiger partial charge is 0.254 e. The van der Waals surface area contributed by atoms with Gasteiger partial charge in [-0.25, -0.2) is 0 Å². The van der Waals surface area contributed by atoms with Crippen LogP contribution >= 0.6 is 22.6 Å². The molecule has 0 saturated heterocycles. The van der Waals surface area contributed by atoms with Gasteiger partial charge in [0.05, 0.1) is 5.56 Å². The molecule has 2 nitrogen and oxygen atoms in total. The quantitative estimate of drug-likeness (QED) is 0.786. The summed E-state index contributed by atoms with van der Waals surface area (Å²) in [6.07, 6.45) is 2.56. The van der Waals surface area contributed by atoms with Crippen LogP contribution in [0.2, 0.25) is 0 Å². The fraction of sp³-hybridized carbons (Fsp3) is 0.417. The van der Waals surface area contributed by atoms with Crippen molar-refractivity contribution in [1.29, 1.82) is 0 Å². The number of carbonyl (C=O) groups is 1. The van der Waals surface area contributed by atoms with Gasteiger partial charge in [0, 0.05) is 17.2 Å². The first-order valence-electron chi connectivity index (χ1n) is 5.18. The maximum absolute atomic E-state index is 12.0. The van der Waals surface area contributed by atoms with Crippen molar-refractivity contribution in [3.05, 3.63) is 33.4 Å². The molecular formula is C12H14INO. The minimum absolute atomic E-state index is 0.145. The Labute approximate surface area is 104 Å². The molecule has 3 heteroatoms. The molecule has 0 N–H and O–H groups in total. The van der Waals surface area contributed by atoms with Crippen molar-refractivity contribution < 1.29 is 4.79 Å². The van der Waals surface area contributed by atoms with Crippen molar-refractivity contribution in [2.75, 3.05) is 13.6 Å². The molecule has 1 aliphatic carbocycles. The Morgan fingerprint density at radius 2 is 2.13 bits per heavy atom. The van der Waals surface area contributed by atoms with E-state index in [1.54, 1.807) is 0 Å². The average molecular weight is 315 g/mol. The summed E-state index contributed by atoms with van der Waals surface area (Å²) in [5.41, 5.74) is 0.821. The third-order valence-corrected chi connectivity index (χ3v) is 3.62. The number of amides is 1. The Balaban J connectivity index is 2.08. The van der Waals surface area contributed by atoms with Crippen molar-refractivity contribution in [3.8, 4) is 0 Å². The van der Waals surface area contributed by atoms with Crippen LogP contribution in [0.1, 0.15) is 23.2 Å². The van der Waals surface area contributed by atoms with Crippen molar-refractivity contribution in [2.24, 2.45) is 5.92 Å². The van der Waals surface area contributed by atoms with E-state index >= 15 is 0 Å². The van der Waals surface area contributed by atoms with E-state index in [9.17, 15) is 4.79 Å². The molecule has 1 aliphatic rings. The summed E-state index contributed by atoms with van der Waals surface area (Å²) in [6.45, 7) is 0.907. The molecule has 1 fully saturated rings. The number of carbonyl (C=O) groups excluding carboxylic acids is 1. The molecule has 1 aromatic rings. The van der Waals surface area contributed by atoms with Gasteiger partial charge in [-0.2, -0.15) is 0 Å². The Hall–Kier alpha value is -0.580. The van der Waals surface area contributed by atoms with Gasteiger partial charge in [-0.3, -0.25) is 4.79 Å². The SMILES string of the molecule is CN(CC1CC1)C(=O)c1ccccc1I. The zero-order valence-corrected chi connectivity index (χ0v) is 10.9. The van der Waals surface area contributed by atoms with Crippen molar-refractivity contribution >= 4 is 28.5 Å². The molecule has 1 aromatic carbocycles. The number of hydrogen-bond donors (Lipinski definition) is 0. The van der Waals surface area contributed by atoms with Gasteiger partial charge in [-0.1, -0.05) is 12.1 Å². The molecule has 80 valence electrons. The molecule has 2 rings (SSSR count). The minimum Gasteiger partial charge on any atom is -0.341 e. The van der Waals surface area contributed by atoms with Crippen LogP contribution in [-0.2, 0) is 0 Å². The van der Waals surface area contributed by atoms with E-state index in [0.29, 0.717) is 0 Å². The highest BCUT2D eigenvalue weighted by atomic mass is 127. The Bertz CT molecular complexity index is 374. The van der Waals surface area contributed by atoms with Gasteiger partial charge < -0.3 is 4.90 Å².